The summed E-state index contributed by atoms with van der Waals surface area (Å²) in [4.78, 5) is 44.3. The lowest BCUT2D eigenvalue weighted by molar-refractivity contribution is -0.393. The highest BCUT2D eigenvalue weighted by Gasteiger charge is 2.27. The fourth-order valence-electron chi connectivity index (χ4n) is 2.53. The Morgan fingerprint density at radius 3 is 2.28 bits per heavy atom. The van der Waals surface area contributed by atoms with Gasteiger partial charge in [0.1, 0.15) is 17.8 Å². The first-order chi connectivity index (χ1) is 13.7. The maximum absolute atomic E-state index is 12.6. The average Bonchev–Trinajstić information content (AvgIpc) is 2.67. The van der Waals surface area contributed by atoms with Crippen molar-refractivity contribution >= 4 is 28.9 Å². The van der Waals surface area contributed by atoms with Crippen molar-refractivity contribution in [2.45, 2.75) is 25.4 Å². The Labute approximate surface area is 164 Å². The van der Waals surface area contributed by atoms with E-state index < -0.39 is 45.2 Å². The summed E-state index contributed by atoms with van der Waals surface area (Å²) in [5, 5.41) is 36.3. The molecule has 0 heterocycles. The molecule has 0 saturated carbocycles. The van der Waals surface area contributed by atoms with Gasteiger partial charge in [-0.15, -0.1) is 0 Å². The first kappa shape index (κ1) is 21.3. The quantitative estimate of drug-likeness (QED) is 0.424. The van der Waals surface area contributed by atoms with E-state index in [1.54, 1.807) is 30.3 Å². The second-order valence-corrected chi connectivity index (χ2v) is 6.17. The van der Waals surface area contributed by atoms with Gasteiger partial charge in [0.05, 0.1) is 15.9 Å². The third-order valence-corrected chi connectivity index (χ3v) is 4.05. The molecule has 0 aromatic heterocycles. The number of carbonyl (C=O) groups is 2. The predicted molar refractivity (Wildman–Crippen MR) is 103 cm³/mol. The van der Waals surface area contributed by atoms with Crippen molar-refractivity contribution in [3.05, 3.63) is 74.3 Å². The van der Waals surface area contributed by atoms with Crippen LogP contribution in [0.5, 0.6) is 0 Å². The maximum Gasteiger partial charge on any atom is 0.325 e. The third kappa shape index (κ3) is 5.73. The van der Waals surface area contributed by atoms with Crippen LogP contribution in [0.15, 0.2) is 48.5 Å². The van der Waals surface area contributed by atoms with E-state index in [4.69, 9.17) is 5.11 Å². The van der Waals surface area contributed by atoms with E-state index in [1.165, 1.54) is 6.92 Å². The first-order valence-corrected chi connectivity index (χ1v) is 8.45. The SMILES string of the molecule is C[C@H](NC(=O)[C@H](Cc1ccccc1)Nc1ccc([N+](=O)[O-])cc1[N+](=O)[O-])C(=O)O. The number of carboxylic acids is 1. The molecular weight excluding hydrogens is 384 g/mol. The molecule has 0 bridgehead atoms. The highest BCUT2D eigenvalue weighted by Crippen LogP contribution is 2.29. The number of nitrogens with zero attached hydrogens (tertiary/aromatic N) is 2. The Bertz CT molecular complexity index is 933. The summed E-state index contributed by atoms with van der Waals surface area (Å²) in [6.07, 6.45) is 0.104. The average molecular weight is 402 g/mol. The van der Waals surface area contributed by atoms with E-state index in [-0.39, 0.29) is 12.1 Å². The number of carbonyl (C=O) groups excluding carboxylic acids is 1. The third-order valence-electron chi connectivity index (χ3n) is 4.05. The summed E-state index contributed by atoms with van der Waals surface area (Å²) in [6.45, 7) is 1.29. The molecule has 0 radical (unpaired) electrons. The number of aliphatic carboxylic acids is 1. The summed E-state index contributed by atoms with van der Waals surface area (Å²) in [6, 6.07) is 9.54. The van der Waals surface area contributed by atoms with Gasteiger partial charge in [0.2, 0.25) is 5.91 Å². The van der Waals surface area contributed by atoms with E-state index in [9.17, 15) is 29.8 Å². The molecule has 3 N–H and O–H groups in total. The number of carboxylic acid groups (broad SMARTS) is 1. The van der Waals surface area contributed by atoms with E-state index in [0.717, 1.165) is 23.8 Å². The van der Waals surface area contributed by atoms with Crippen molar-refractivity contribution < 1.29 is 24.5 Å². The molecule has 2 aromatic carbocycles. The van der Waals surface area contributed by atoms with Gasteiger partial charge >= 0.3 is 5.97 Å². The van der Waals surface area contributed by atoms with Gasteiger partial charge in [0.25, 0.3) is 11.4 Å². The molecule has 0 spiro atoms. The molecule has 0 fully saturated rings. The van der Waals surface area contributed by atoms with Crippen LogP contribution >= 0.6 is 0 Å². The molecule has 11 heteroatoms. The van der Waals surface area contributed by atoms with Crippen LogP contribution in [0.1, 0.15) is 12.5 Å². The second kappa shape index (κ2) is 9.26. The van der Waals surface area contributed by atoms with Crippen molar-refractivity contribution in [2.75, 3.05) is 5.32 Å². The molecule has 0 aliphatic heterocycles. The fraction of sp³-hybridized carbons (Fsp3) is 0.222. The minimum Gasteiger partial charge on any atom is -0.480 e. The van der Waals surface area contributed by atoms with Crippen molar-refractivity contribution in [2.24, 2.45) is 0 Å². The molecule has 0 saturated heterocycles. The number of non-ortho nitro benzene ring substituents is 1. The summed E-state index contributed by atoms with van der Waals surface area (Å²) < 4.78 is 0. The predicted octanol–water partition coefficient (Wildman–Crippen LogP) is 2.12. The van der Waals surface area contributed by atoms with Gasteiger partial charge < -0.3 is 15.7 Å². The van der Waals surface area contributed by atoms with Crippen LogP contribution < -0.4 is 10.6 Å². The lowest BCUT2D eigenvalue weighted by atomic mass is 10.0. The Morgan fingerprint density at radius 2 is 1.72 bits per heavy atom. The minimum absolute atomic E-state index is 0.0975. The largest absolute Gasteiger partial charge is 0.480 e. The fourth-order valence-corrected chi connectivity index (χ4v) is 2.53. The van der Waals surface area contributed by atoms with E-state index in [0.29, 0.717) is 0 Å². The van der Waals surface area contributed by atoms with E-state index in [2.05, 4.69) is 10.6 Å². The number of rotatable bonds is 9. The molecular formula is C18H18N4O7. The van der Waals surface area contributed by atoms with Gasteiger partial charge in [-0.25, -0.2) is 0 Å². The van der Waals surface area contributed by atoms with Crippen LogP contribution in [0.4, 0.5) is 17.1 Å². The van der Waals surface area contributed by atoms with Gasteiger partial charge in [0, 0.05) is 12.5 Å². The number of benzene rings is 2. The molecule has 0 aliphatic carbocycles. The van der Waals surface area contributed by atoms with Gasteiger partial charge in [-0.2, -0.15) is 0 Å². The summed E-state index contributed by atoms with van der Waals surface area (Å²) in [5.74, 6) is -1.92. The standard InChI is InChI=1S/C18H18N4O7/c1-11(18(24)25)19-17(23)15(9-12-5-3-2-4-6-12)20-14-8-7-13(21(26)27)10-16(14)22(28)29/h2-8,10-11,15,20H,9H2,1H3,(H,19,23)(H,24,25)/t11-,15-/m0/s1. The van der Waals surface area contributed by atoms with Gasteiger partial charge in [-0.3, -0.25) is 29.8 Å². The van der Waals surface area contributed by atoms with Gasteiger partial charge in [-0.05, 0) is 18.6 Å². The topological polar surface area (TPSA) is 165 Å². The molecule has 152 valence electrons. The zero-order valence-electron chi connectivity index (χ0n) is 15.3. The van der Waals surface area contributed by atoms with Crippen molar-refractivity contribution in [1.29, 1.82) is 0 Å². The number of amides is 1. The number of anilines is 1. The second-order valence-electron chi connectivity index (χ2n) is 6.17. The molecule has 0 unspecified atom stereocenters. The zero-order chi connectivity index (χ0) is 21.6. The van der Waals surface area contributed by atoms with Gasteiger partial charge in [-0.1, -0.05) is 30.3 Å². The first-order valence-electron chi connectivity index (χ1n) is 8.45. The van der Waals surface area contributed by atoms with Crippen molar-refractivity contribution in [1.82, 2.24) is 5.32 Å². The van der Waals surface area contributed by atoms with Crippen LogP contribution in [0.3, 0.4) is 0 Å². The van der Waals surface area contributed by atoms with Crippen LogP contribution in [0, 0.1) is 20.2 Å². The molecule has 0 aliphatic rings. The number of hydrogen-bond acceptors (Lipinski definition) is 7. The number of nitrogens with one attached hydrogen (secondary N) is 2. The van der Waals surface area contributed by atoms with E-state index in [1.807, 2.05) is 0 Å². The molecule has 2 atom stereocenters. The van der Waals surface area contributed by atoms with Crippen LogP contribution in [-0.4, -0.2) is 38.9 Å². The summed E-state index contributed by atoms with van der Waals surface area (Å²) in [5.41, 5.74) is -0.408. The molecule has 11 nitrogen and oxygen atoms in total. The molecule has 2 aromatic rings. The number of nitro groups is 2. The Balaban J connectivity index is 2.36. The smallest absolute Gasteiger partial charge is 0.325 e. The summed E-state index contributed by atoms with van der Waals surface area (Å²) in [7, 11) is 0. The van der Waals surface area contributed by atoms with Gasteiger partial charge in [0.15, 0.2) is 0 Å². The minimum atomic E-state index is -1.24. The lowest BCUT2D eigenvalue weighted by Crippen LogP contribution is -2.47. The summed E-state index contributed by atoms with van der Waals surface area (Å²) >= 11 is 0. The Kier molecular flexibility index (Phi) is 6.80. The highest BCUT2D eigenvalue weighted by atomic mass is 16.6. The van der Waals surface area contributed by atoms with Crippen molar-refractivity contribution in [3.63, 3.8) is 0 Å². The van der Waals surface area contributed by atoms with Crippen LogP contribution in [0.25, 0.3) is 0 Å². The lowest BCUT2D eigenvalue weighted by Gasteiger charge is -2.21. The highest BCUT2D eigenvalue weighted by molar-refractivity contribution is 5.89. The molecule has 29 heavy (non-hydrogen) atoms. The van der Waals surface area contributed by atoms with Crippen LogP contribution in [-0.2, 0) is 16.0 Å². The number of hydrogen-bond donors (Lipinski definition) is 3. The number of nitro benzene ring substituents is 2. The molecule has 2 rings (SSSR count). The normalized spacial score (nSPS) is 12.4. The van der Waals surface area contributed by atoms with Crippen molar-refractivity contribution in [3.8, 4) is 0 Å². The monoisotopic (exact) mass is 402 g/mol. The Hall–Kier alpha value is -4.02. The molecule has 1 amide bonds. The Morgan fingerprint density at radius 1 is 1.07 bits per heavy atom. The maximum atomic E-state index is 12.6. The van der Waals surface area contributed by atoms with Crippen LogP contribution in [0.2, 0.25) is 0 Å². The van der Waals surface area contributed by atoms with E-state index >= 15 is 0 Å². The zero-order valence-corrected chi connectivity index (χ0v) is 15.3.